The van der Waals surface area contributed by atoms with Gasteiger partial charge in [-0.2, -0.15) is 0 Å². The van der Waals surface area contributed by atoms with Gasteiger partial charge < -0.3 is 19.9 Å². The SMILES string of the molecule is CCOC(=O)C[C@@H](C)NC(=O)CN(C(=O)C1CCN(c2ccncc2)CC1)C1CC1. The number of rotatable bonds is 9. The molecule has 8 nitrogen and oxygen atoms in total. The van der Waals surface area contributed by atoms with Gasteiger partial charge in [-0.1, -0.05) is 0 Å². The molecule has 0 radical (unpaired) electrons. The van der Waals surface area contributed by atoms with Gasteiger partial charge in [-0.25, -0.2) is 0 Å². The van der Waals surface area contributed by atoms with E-state index in [0.29, 0.717) is 6.61 Å². The van der Waals surface area contributed by atoms with Crippen LogP contribution in [0, 0.1) is 5.92 Å². The first-order chi connectivity index (χ1) is 14.5. The first-order valence-electron chi connectivity index (χ1n) is 10.9. The fourth-order valence-corrected chi connectivity index (χ4v) is 3.94. The number of hydrogen-bond donors (Lipinski definition) is 1. The molecule has 0 aromatic carbocycles. The zero-order chi connectivity index (χ0) is 21.5. The van der Waals surface area contributed by atoms with Gasteiger partial charge in [0.05, 0.1) is 19.6 Å². The number of carbonyl (C=O) groups is 3. The number of pyridine rings is 1. The summed E-state index contributed by atoms with van der Waals surface area (Å²) in [6.07, 6.45) is 7.16. The highest BCUT2D eigenvalue weighted by molar-refractivity contribution is 5.87. The molecule has 1 aliphatic carbocycles. The highest BCUT2D eigenvalue weighted by Crippen LogP contribution is 2.31. The van der Waals surface area contributed by atoms with Crippen molar-refractivity contribution < 1.29 is 19.1 Å². The molecule has 1 N–H and O–H groups in total. The Labute approximate surface area is 178 Å². The van der Waals surface area contributed by atoms with Crippen LogP contribution in [0.5, 0.6) is 0 Å². The normalized spacial score (nSPS) is 17.9. The molecule has 1 aromatic rings. The lowest BCUT2D eigenvalue weighted by molar-refractivity contribution is -0.144. The highest BCUT2D eigenvalue weighted by Gasteiger charge is 2.38. The molecular formula is C22H32N4O4. The number of anilines is 1. The molecule has 1 saturated heterocycles. The summed E-state index contributed by atoms with van der Waals surface area (Å²) in [5.74, 6) is -0.517. The van der Waals surface area contributed by atoms with Crippen molar-refractivity contribution in [2.24, 2.45) is 5.92 Å². The van der Waals surface area contributed by atoms with E-state index >= 15 is 0 Å². The quantitative estimate of drug-likeness (QED) is 0.617. The van der Waals surface area contributed by atoms with E-state index in [1.807, 2.05) is 12.1 Å². The molecule has 2 heterocycles. The largest absolute Gasteiger partial charge is 0.466 e. The number of nitrogens with zero attached hydrogens (tertiary/aromatic N) is 3. The minimum Gasteiger partial charge on any atom is -0.466 e. The van der Waals surface area contributed by atoms with Crippen LogP contribution in [0.2, 0.25) is 0 Å². The fourth-order valence-electron chi connectivity index (χ4n) is 3.94. The van der Waals surface area contributed by atoms with Crippen LogP contribution in [0.3, 0.4) is 0 Å². The van der Waals surface area contributed by atoms with Crippen LogP contribution in [-0.2, 0) is 19.1 Å². The predicted octanol–water partition coefficient (Wildman–Crippen LogP) is 1.75. The Hall–Kier alpha value is -2.64. The molecule has 1 aromatic heterocycles. The Morgan fingerprint density at radius 3 is 2.47 bits per heavy atom. The number of esters is 1. The molecule has 0 bridgehead atoms. The molecule has 1 atom stereocenters. The molecule has 2 amide bonds. The van der Waals surface area contributed by atoms with Crippen LogP contribution < -0.4 is 10.2 Å². The summed E-state index contributed by atoms with van der Waals surface area (Å²) < 4.78 is 4.92. The van der Waals surface area contributed by atoms with Crippen LogP contribution >= 0.6 is 0 Å². The van der Waals surface area contributed by atoms with Gasteiger partial charge in [0.1, 0.15) is 0 Å². The van der Waals surface area contributed by atoms with E-state index in [-0.39, 0.29) is 48.8 Å². The third-order valence-corrected chi connectivity index (χ3v) is 5.64. The minimum absolute atomic E-state index is 0.0477. The number of aromatic nitrogens is 1. The first kappa shape index (κ1) is 22.1. The van der Waals surface area contributed by atoms with Crippen LogP contribution in [0.15, 0.2) is 24.5 Å². The molecular weight excluding hydrogens is 384 g/mol. The van der Waals surface area contributed by atoms with Gasteiger partial charge in [0.2, 0.25) is 11.8 Å². The van der Waals surface area contributed by atoms with Gasteiger partial charge in [0, 0.05) is 49.2 Å². The minimum atomic E-state index is -0.332. The topological polar surface area (TPSA) is 91.8 Å². The smallest absolute Gasteiger partial charge is 0.307 e. The predicted molar refractivity (Wildman–Crippen MR) is 113 cm³/mol. The monoisotopic (exact) mass is 416 g/mol. The maximum absolute atomic E-state index is 13.2. The van der Waals surface area contributed by atoms with Crippen LogP contribution in [0.4, 0.5) is 5.69 Å². The Morgan fingerprint density at radius 1 is 1.20 bits per heavy atom. The second-order valence-corrected chi connectivity index (χ2v) is 8.14. The molecule has 8 heteroatoms. The highest BCUT2D eigenvalue weighted by atomic mass is 16.5. The van der Waals surface area contributed by atoms with Crippen molar-refractivity contribution in [2.45, 2.75) is 58.0 Å². The molecule has 164 valence electrons. The van der Waals surface area contributed by atoms with Gasteiger partial charge in [0.15, 0.2) is 0 Å². The third-order valence-electron chi connectivity index (χ3n) is 5.64. The second-order valence-electron chi connectivity index (χ2n) is 8.14. The Kier molecular flexibility index (Phi) is 7.65. The molecule has 0 spiro atoms. The summed E-state index contributed by atoms with van der Waals surface area (Å²) in [6.45, 7) is 5.54. The number of amides is 2. The van der Waals surface area contributed by atoms with Crippen molar-refractivity contribution in [1.82, 2.24) is 15.2 Å². The summed E-state index contributed by atoms with van der Waals surface area (Å²) in [6, 6.07) is 3.82. The lowest BCUT2D eigenvalue weighted by Crippen LogP contribution is -2.48. The zero-order valence-electron chi connectivity index (χ0n) is 17.9. The maximum Gasteiger partial charge on any atom is 0.307 e. The van der Waals surface area contributed by atoms with Gasteiger partial charge in [-0.05, 0) is 51.7 Å². The number of carbonyl (C=O) groups excluding carboxylic acids is 3. The molecule has 2 aliphatic rings. The van der Waals surface area contributed by atoms with Gasteiger partial charge >= 0.3 is 5.97 Å². The summed E-state index contributed by atoms with van der Waals surface area (Å²) in [7, 11) is 0. The van der Waals surface area contributed by atoms with Gasteiger partial charge in [-0.15, -0.1) is 0 Å². The first-order valence-corrected chi connectivity index (χ1v) is 10.9. The standard InChI is InChI=1S/C22H32N4O4/c1-3-30-21(28)14-16(2)24-20(27)15-26(19-4-5-19)22(29)17-8-12-25(13-9-17)18-6-10-23-11-7-18/h6-7,10-11,16-17,19H,3-5,8-9,12-15H2,1-2H3,(H,24,27)/t16-/m1/s1. The van der Waals surface area contributed by atoms with Crippen LogP contribution in [0.1, 0.15) is 46.0 Å². The van der Waals surface area contributed by atoms with E-state index in [4.69, 9.17) is 4.74 Å². The fraction of sp³-hybridized carbons (Fsp3) is 0.636. The summed E-state index contributed by atoms with van der Waals surface area (Å²) >= 11 is 0. The van der Waals surface area contributed by atoms with E-state index in [0.717, 1.165) is 44.5 Å². The molecule has 30 heavy (non-hydrogen) atoms. The Morgan fingerprint density at radius 2 is 1.87 bits per heavy atom. The van der Waals surface area contributed by atoms with Crippen molar-refractivity contribution >= 4 is 23.5 Å². The summed E-state index contributed by atoms with van der Waals surface area (Å²) in [5.41, 5.74) is 1.13. The molecule has 3 rings (SSSR count). The van der Waals surface area contributed by atoms with Crippen LogP contribution in [-0.4, -0.2) is 66.0 Å². The van der Waals surface area contributed by atoms with Crippen molar-refractivity contribution in [3.63, 3.8) is 0 Å². The van der Waals surface area contributed by atoms with Gasteiger partial charge in [0.25, 0.3) is 0 Å². The van der Waals surface area contributed by atoms with E-state index in [9.17, 15) is 14.4 Å². The van der Waals surface area contributed by atoms with E-state index in [2.05, 4.69) is 15.2 Å². The van der Waals surface area contributed by atoms with E-state index < -0.39 is 0 Å². The average Bonchev–Trinajstić information content (AvgIpc) is 3.57. The summed E-state index contributed by atoms with van der Waals surface area (Å²) in [5, 5.41) is 2.82. The molecule has 0 unspecified atom stereocenters. The van der Waals surface area contributed by atoms with Crippen molar-refractivity contribution in [2.75, 3.05) is 31.1 Å². The molecule has 1 aliphatic heterocycles. The van der Waals surface area contributed by atoms with Gasteiger partial charge in [-0.3, -0.25) is 19.4 Å². The van der Waals surface area contributed by atoms with Crippen LogP contribution in [0.25, 0.3) is 0 Å². The Bertz CT molecular complexity index is 730. The van der Waals surface area contributed by atoms with E-state index in [1.54, 1.807) is 31.1 Å². The Balaban J connectivity index is 1.49. The lowest BCUT2D eigenvalue weighted by Gasteiger charge is -2.35. The molecule has 1 saturated carbocycles. The second kappa shape index (κ2) is 10.4. The number of hydrogen-bond acceptors (Lipinski definition) is 6. The third kappa shape index (κ3) is 6.18. The van der Waals surface area contributed by atoms with Crippen molar-refractivity contribution in [3.05, 3.63) is 24.5 Å². The van der Waals surface area contributed by atoms with Crippen molar-refractivity contribution in [1.29, 1.82) is 0 Å². The zero-order valence-corrected chi connectivity index (χ0v) is 17.9. The average molecular weight is 417 g/mol. The number of ether oxygens (including phenoxy) is 1. The maximum atomic E-state index is 13.2. The van der Waals surface area contributed by atoms with E-state index in [1.165, 1.54) is 0 Å². The number of piperidine rings is 1. The lowest BCUT2D eigenvalue weighted by atomic mass is 9.94. The molecule has 2 fully saturated rings. The summed E-state index contributed by atoms with van der Waals surface area (Å²) in [4.78, 5) is 45.3. The van der Waals surface area contributed by atoms with Crippen molar-refractivity contribution in [3.8, 4) is 0 Å². The number of nitrogens with one attached hydrogen (secondary N) is 1.